The molecule has 2 aliphatic heterocycles. The molecule has 2 aromatic heterocycles. The van der Waals surface area contributed by atoms with Gasteiger partial charge in [0.1, 0.15) is 0 Å². The van der Waals surface area contributed by atoms with E-state index in [1.165, 1.54) is 16.2 Å². The predicted octanol–water partition coefficient (Wildman–Crippen LogP) is 5.52. The summed E-state index contributed by atoms with van der Waals surface area (Å²) < 4.78 is 32.4. The molecule has 2 N–H and O–H groups in total. The first kappa shape index (κ1) is 30.4. The molecular formula is C27H36ClN3O5S3. The van der Waals surface area contributed by atoms with Crippen molar-refractivity contribution in [3.8, 4) is 0 Å². The van der Waals surface area contributed by atoms with Crippen molar-refractivity contribution < 1.29 is 23.2 Å². The Morgan fingerprint density at radius 3 is 2.62 bits per heavy atom. The number of hydrogen-bond donors (Lipinski definition) is 2. The number of carbonyl (C=O) groups is 1. The minimum atomic E-state index is -3.71. The number of ketones is 1. The van der Waals surface area contributed by atoms with Crippen LogP contribution in [0, 0.1) is 5.92 Å². The normalized spacial score (nSPS) is 18.3. The Morgan fingerprint density at radius 1 is 1.18 bits per heavy atom. The number of fused-ring (bicyclic) bond motifs is 1. The molecule has 214 valence electrons. The number of carbonyl (C=O) groups excluding carboxylic acids is 1. The number of anilines is 1. The highest BCUT2D eigenvalue weighted by atomic mass is 35.5. The van der Waals surface area contributed by atoms with E-state index in [1.807, 2.05) is 6.07 Å². The molecule has 1 aromatic carbocycles. The summed E-state index contributed by atoms with van der Waals surface area (Å²) in [6.45, 7) is 4.34. The highest BCUT2D eigenvalue weighted by Crippen LogP contribution is 2.38. The fraction of sp³-hybridized carbons (Fsp3) is 0.556. The minimum absolute atomic E-state index is 0. The topological polar surface area (TPSA) is 109 Å². The molecule has 0 amide bonds. The summed E-state index contributed by atoms with van der Waals surface area (Å²) in [6, 6.07) is 9.19. The molecule has 0 radical (unpaired) electrons. The lowest BCUT2D eigenvalue weighted by Crippen LogP contribution is -2.50. The summed E-state index contributed by atoms with van der Waals surface area (Å²) in [6.07, 6.45) is 5.58. The number of sulfone groups is 1. The van der Waals surface area contributed by atoms with E-state index < -0.39 is 14.6 Å². The van der Waals surface area contributed by atoms with Crippen molar-refractivity contribution in [1.82, 2.24) is 10.5 Å². The summed E-state index contributed by atoms with van der Waals surface area (Å²) in [4.78, 5) is 22.5. The maximum Gasteiger partial charge on any atom is 0.186 e. The summed E-state index contributed by atoms with van der Waals surface area (Å²) in [5, 5.41) is 10.2. The van der Waals surface area contributed by atoms with Crippen molar-refractivity contribution in [1.29, 1.82) is 0 Å². The van der Waals surface area contributed by atoms with Gasteiger partial charge in [-0.25, -0.2) is 18.9 Å². The van der Waals surface area contributed by atoms with E-state index in [0.717, 1.165) is 65.4 Å². The first-order valence-corrected chi connectivity index (χ1v) is 16.5. The molecule has 0 atom stereocenters. The summed E-state index contributed by atoms with van der Waals surface area (Å²) in [7, 11) is -3.71. The maximum absolute atomic E-state index is 13.7. The van der Waals surface area contributed by atoms with E-state index in [1.54, 1.807) is 29.5 Å². The molecule has 12 heteroatoms. The van der Waals surface area contributed by atoms with Gasteiger partial charge in [0, 0.05) is 43.6 Å². The molecule has 3 aromatic rings. The van der Waals surface area contributed by atoms with Gasteiger partial charge >= 0.3 is 0 Å². The minimum Gasteiger partial charge on any atom is -0.381 e. The molecule has 39 heavy (non-hydrogen) atoms. The van der Waals surface area contributed by atoms with Crippen molar-refractivity contribution in [3.63, 3.8) is 0 Å². The lowest BCUT2D eigenvalue weighted by atomic mass is 9.92. The number of unbranched alkanes of at least 4 members (excludes halogenated alkanes) is 1. The second kappa shape index (κ2) is 12.9. The highest BCUT2D eigenvalue weighted by Gasteiger charge is 2.46. The van der Waals surface area contributed by atoms with E-state index in [-0.39, 0.29) is 35.5 Å². The van der Waals surface area contributed by atoms with Gasteiger partial charge in [0.25, 0.3) is 0 Å². The lowest BCUT2D eigenvalue weighted by molar-refractivity contribution is 0.0588. The van der Waals surface area contributed by atoms with Crippen LogP contribution >= 0.6 is 35.1 Å². The predicted molar refractivity (Wildman–Crippen MR) is 159 cm³/mol. The smallest absolute Gasteiger partial charge is 0.186 e. The highest BCUT2D eigenvalue weighted by molar-refractivity contribution is 7.93. The van der Waals surface area contributed by atoms with Gasteiger partial charge in [0.05, 0.1) is 24.7 Å². The Bertz CT molecular complexity index is 1370. The molecule has 5 rings (SSSR count). The van der Waals surface area contributed by atoms with Gasteiger partial charge in [-0.3, -0.25) is 4.79 Å². The van der Waals surface area contributed by atoms with Gasteiger partial charge in [0.2, 0.25) is 0 Å². The largest absolute Gasteiger partial charge is 0.381 e. The molecule has 2 aliphatic rings. The number of piperidine rings is 1. The van der Waals surface area contributed by atoms with E-state index >= 15 is 0 Å². The monoisotopic (exact) mass is 613 g/mol. The third-order valence-electron chi connectivity index (χ3n) is 7.85. The summed E-state index contributed by atoms with van der Waals surface area (Å²) in [5.41, 5.74) is 2.86. The number of hydroxylamine groups is 1. The van der Waals surface area contributed by atoms with Gasteiger partial charge in [-0.2, -0.15) is 0 Å². The number of hydrogen-bond acceptors (Lipinski definition) is 10. The van der Waals surface area contributed by atoms with Crippen LogP contribution in [0.2, 0.25) is 0 Å². The number of ether oxygens (including phenoxy) is 1. The van der Waals surface area contributed by atoms with Gasteiger partial charge in [-0.1, -0.05) is 24.7 Å². The zero-order valence-corrected chi connectivity index (χ0v) is 25.3. The van der Waals surface area contributed by atoms with Crippen LogP contribution in [0.5, 0.6) is 0 Å². The lowest BCUT2D eigenvalue weighted by Gasteiger charge is -2.36. The Morgan fingerprint density at radius 2 is 1.92 bits per heavy atom. The second-order valence-corrected chi connectivity index (χ2v) is 14.8. The number of aromatic nitrogens is 1. The van der Waals surface area contributed by atoms with Crippen molar-refractivity contribution in [2.75, 3.05) is 37.7 Å². The zero-order chi connectivity index (χ0) is 26.8. The van der Waals surface area contributed by atoms with Gasteiger partial charge in [-0.15, -0.1) is 23.7 Å². The Kier molecular flexibility index (Phi) is 10.1. The first-order valence-electron chi connectivity index (χ1n) is 13.3. The third-order valence-corrected chi connectivity index (χ3v) is 12.7. The molecule has 8 nitrogen and oxygen atoms in total. The fourth-order valence-corrected chi connectivity index (χ4v) is 9.58. The SMILES string of the molecule is CCCCc1ccc(C(=O)C2CCN(c3nc4ccc(S(=O)(=O)C5(CNO)CCOCC5)cc4s3)CC2)s1.Cl. The number of aryl methyl sites for hydroxylation is 1. The number of thiophene rings is 1. The number of nitrogens with zero attached hydrogens (tertiary/aromatic N) is 2. The number of rotatable bonds is 10. The molecule has 2 fully saturated rings. The molecule has 0 spiro atoms. The molecular weight excluding hydrogens is 578 g/mol. The van der Waals surface area contributed by atoms with Crippen LogP contribution in [0.15, 0.2) is 35.2 Å². The van der Waals surface area contributed by atoms with Crippen molar-refractivity contribution >= 4 is 66.0 Å². The quantitative estimate of drug-likeness (QED) is 0.227. The van der Waals surface area contributed by atoms with E-state index in [4.69, 9.17) is 9.72 Å². The first-order chi connectivity index (χ1) is 18.4. The van der Waals surface area contributed by atoms with Crippen LogP contribution in [0.4, 0.5) is 5.13 Å². The Labute approximate surface area is 244 Å². The van der Waals surface area contributed by atoms with Crippen LogP contribution in [0.3, 0.4) is 0 Å². The molecule has 0 saturated carbocycles. The summed E-state index contributed by atoms with van der Waals surface area (Å²) >= 11 is 3.13. The van der Waals surface area contributed by atoms with Gasteiger partial charge in [0.15, 0.2) is 20.8 Å². The van der Waals surface area contributed by atoms with Crippen LogP contribution < -0.4 is 10.4 Å². The molecule has 4 heterocycles. The molecule has 2 saturated heterocycles. The Hall–Kier alpha value is -1.60. The van der Waals surface area contributed by atoms with Crippen LogP contribution in [-0.4, -0.2) is 62.0 Å². The molecule has 0 bridgehead atoms. The number of halogens is 1. The van der Waals surface area contributed by atoms with Crippen molar-refractivity contribution in [2.45, 2.75) is 61.5 Å². The number of nitrogens with one attached hydrogen (secondary N) is 1. The number of Topliss-reactive ketones (excluding diaryl/α,β-unsaturated/α-hetero) is 1. The van der Waals surface area contributed by atoms with Crippen LogP contribution in [-0.2, 0) is 21.0 Å². The molecule has 0 aliphatic carbocycles. The fourth-order valence-electron chi connectivity index (χ4n) is 5.40. The average molecular weight is 614 g/mol. The van der Waals surface area contributed by atoms with Gasteiger partial charge < -0.3 is 14.8 Å². The van der Waals surface area contributed by atoms with Gasteiger partial charge in [-0.05, 0) is 68.9 Å². The standard InChI is InChI=1S/C27H35N3O5S3.ClH/c1-2-3-4-20-5-8-23(36-20)25(31)19-9-13-30(14-10-19)26-29-22-7-6-21(17-24(22)37-26)38(33,34)27(18-28-32)11-15-35-16-12-27;/h5-8,17,19,28,32H,2-4,9-16,18H2,1H3;1H. The number of thiazole rings is 1. The van der Waals surface area contributed by atoms with Crippen molar-refractivity contribution in [2.24, 2.45) is 5.92 Å². The maximum atomic E-state index is 13.7. The number of benzene rings is 1. The van der Waals surface area contributed by atoms with Crippen LogP contribution in [0.25, 0.3) is 10.2 Å². The molecule has 0 unspecified atom stereocenters. The Balaban J connectivity index is 0.00000353. The van der Waals surface area contributed by atoms with E-state index in [2.05, 4.69) is 23.4 Å². The van der Waals surface area contributed by atoms with E-state index in [0.29, 0.717) is 26.1 Å². The second-order valence-electron chi connectivity index (χ2n) is 10.3. The van der Waals surface area contributed by atoms with E-state index in [9.17, 15) is 18.4 Å². The zero-order valence-electron chi connectivity index (χ0n) is 22.1. The van der Waals surface area contributed by atoms with Crippen molar-refractivity contribution in [3.05, 3.63) is 40.1 Å². The summed E-state index contributed by atoms with van der Waals surface area (Å²) in [5.74, 6) is 0.293. The average Bonchev–Trinajstić information content (AvgIpc) is 3.59. The third kappa shape index (κ3) is 6.19. The van der Waals surface area contributed by atoms with Crippen LogP contribution in [0.1, 0.15) is 60.0 Å².